The Kier molecular flexibility index (Phi) is 5.67. The van der Waals surface area contributed by atoms with Crippen LogP contribution in [0.15, 0.2) is 24.3 Å². The smallest absolute Gasteiger partial charge is 0.123 e. The first-order chi connectivity index (χ1) is 9.33. The molecule has 2 N–H and O–H groups in total. The maximum atomic E-state index is 5.82. The maximum absolute atomic E-state index is 5.82. The van der Waals surface area contributed by atoms with Crippen molar-refractivity contribution in [3.63, 3.8) is 0 Å². The van der Waals surface area contributed by atoms with Gasteiger partial charge in [-0.15, -0.1) is 0 Å². The Hall–Kier alpha value is -1.06. The van der Waals surface area contributed by atoms with Crippen LogP contribution in [0.3, 0.4) is 0 Å². The third-order valence-corrected chi connectivity index (χ3v) is 3.87. The summed E-state index contributed by atoms with van der Waals surface area (Å²) in [5.41, 5.74) is 7.05. The highest BCUT2D eigenvalue weighted by Crippen LogP contribution is 2.23. The molecule has 0 bridgehead atoms. The Morgan fingerprint density at radius 3 is 2.68 bits per heavy atom. The van der Waals surface area contributed by atoms with E-state index in [0.29, 0.717) is 0 Å². The molecule has 3 heteroatoms. The number of nitrogens with two attached hydrogens (primary N) is 1. The Labute approximate surface area is 116 Å². The fourth-order valence-corrected chi connectivity index (χ4v) is 2.61. The van der Waals surface area contributed by atoms with E-state index in [1.165, 1.54) is 18.4 Å². The van der Waals surface area contributed by atoms with Crippen LogP contribution in [0.2, 0.25) is 0 Å². The van der Waals surface area contributed by atoms with Crippen molar-refractivity contribution in [3.8, 4) is 5.75 Å². The summed E-state index contributed by atoms with van der Waals surface area (Å²) in [4.78, 5) is 2.51. The van der Waals surface area contributed by atoms with Gasteiger partial charge < -0.3 is 10.5 Å². The second-order valence-corrected chi connectivity index (χ2v) is 5.41. The molecule has 19 heavy (non-hydrogen) atoms. The van der Waals surface area contributed by atoms with E-state index in [-0.39, 0.29) is 0 Å². The van der Waals surface area contributed by atoms with Gasteiger partial charge in [-0.2, -0.15) is 0 Å². The number of hydrogen-bond donors (Lipinski definition) is 1. The van der Waals surface area contributed by atoms with Gasteiger partial charge in [-0.3, -0.25) is 4.90 Å². The Morgan fingerprint density at radius 2 is 2.00 bits per heavy atom. The fraction of sp³-hybridized carbons (Fsp3) is 0.625. The number of benzene rings is 1. The highest BCUT2D eigenvalue weighted by atomic mass is 16.5. The molecule has 1 aliphatic heterocycles. The first-order valence-corrected chi connectivity index (χ1v) is 7.46. The Morgan fingerprint density at radius 1 is 1.26 bits per heavy atom. The van der Waals surface area contributed by atoms with Crippen LogP contribution in [0, 0.1) is 5.92 Å². The third-order valence-electron chi connectivity index (χ3n) is 3.87. The topological polar surface area (TPSA) is 38.5 Å². The summed E-state index contributed by atoms with van der Waals surface area (Å²) in [5.74, 6) is 1.77. The van der Waals surface area contributed by atoms with E-state index in [1.807, 2.05) is 0 Å². The molecule has 2 rings (SSSR count). The lowest BCUT2D eigenvalue weighted by Crippen LogP contribution is -2.35. The van der Waals surface area contributed by atoms with Gasteiger partial charge in [0.05, 0.1) is 6.61 Å². The maximum Gasteiger partial charge on any atom is 0.123 e. The summed E-state index contributed by atoms with van der Waals surface area (Å²) in [6.07, 6.45) is 3.51. The second kappa shape index (κ2) is 7.51. The molecule has 0 radical (unpaired) electrons. The largest absolute Gasteiger partial charge is 0.493 e. The zero-order valence-corrected chi connectivity index (χ0v) is 12.0. The predicted octanol–water partition coefficient (Wildman–Crippen LogP) is 2.65. The minimum Gasteiger partial charge on any atom is -0.493 e. The zero-order valence-electron chi connectivity index (χ0n) is 12.0. The van der Waals surface area contributed by atoms with Gasteiger partial charge in [0.25, 0.3) is 0 Å². The van der Waals surface area contributed by atoms with Crippen LogP contribution in [-0.2, 0) is 6.54 Å². The molecule has 0 aliphatic carbocycles. The lowest BCUT2D eigenvalue weighted by atomic mass is 9.97. The fourth-order valence-electron chi connectivity index (χ4n) is 2.61. The number of ether oxygens (including phenoxy) is 1. The highest BCUT2D eigenvalue weighted by molar-refractivity contribution is 5.33. The van der Waals surface area contributed by atoms with Gasteiger partial charge in [0.15, 0.2) is 0 Å². The summed E-state index contributed by atoms with van der Waals surface area (Å²) >= 11 is 0. The van der Waals surface area contributed by atoms with Gasteiger partial charge in [-0.25, -0.2) is 0 Å². The number of para-hydroxylation sites is 1. The molecule has 0 saturated carbocycles. The summed E-state index contributed by atoms with van der Waals surface area (Å²) in [7, 11) is 0. The van der Waals surface area contributed by atoms with Crippen molar-refractivity contribution < 1.29 is 4.74 Å². The van der Waals surface area contributed by atoms with Crippen molar-refractivity contribution in [3.05, 3.63) is 29.8 Å². The van der Waals surface area contributed by atoms with Crippen molar-refractivity contribution in [1.82, 2.24) is 4.90 Å². The van der Waals surface area contributed by atoms with Crippen molar-refractivity contribution in [1.29, 1.82) is 0 Å². The van der Waals surface area contributed by atoms with E-state index in [0.717, 1.165) is 50.9 Å². The van der Waals surface area contributed by atoms with E-state index in [4.69, 9.17) is 10.5 Å². The molecule has 3 nitrogen and oxygen atoms in total. The van der Waals surface area contributed by atoms with Crippen LogP contribution >= 0.6 is 0 Å². The lowest BCUT2D eigenvalue weighted by molar-refractivity contribution is 0.178. The van der Waals surface area contributed by atoms with Crippen molar-refractivity contribution >= 4 is 0 Å². The molecule has 1 aromatic carbocycles. The SMILES string of the molecule is CCCOc1ccccc1CN1CCC(CN)CC1. The zero-order chi connectivity index (χ0) is 13.5. The van der Waals surface area contributed by atoms with Crippen molar-refractivity contribution in [2.75, 3.05) is 26.2 Å². The molecule has 0 atom stereocenters. The quantitative estimate of drug-likeness (QED) is 0.856. The number of nitrogens with zero attached hydrogens (tertiary/aromatic N) is 1. The molecule has 1 fully saturated rings. The Balaban J connectivity index is 1.91. The monoisotopic (exact) mass is 262 g/mol. The number of piperidine rings is 1. The molecule has 1 aliphatic rings. The average molecular weight is 262 g/mol. The predicted molar refractivity (Wildman–Crippen MR) is 79.3 cm³/mol. The van der Waals surface area contributed by atoms with Crippen LogP contribution in [0.5, 0.6) is 5.75 Å². The molecule has 0 amide bonds. The van der Waals surface area contributed by atoms with Gasteiger partial charge in [0.2, 0.25) is 0 Å². The van der Waals surface area contributed by atoms with E-state index in [9.17, 15) is 0 Å². The van der Waals surface area contributed by atoms with Gasteiger partial charge in [0, 0.05) is 12.1 Å². The number of hydrogen-bond acceptors (Lipinski definition) is 3. The lowest BCUT2D eigenvalue weighted by Gasteiger charge is -2.31. The second-order valence-electron chi connectivity index (χ2n) is 5.41. The van der Waals surface area contributed by atoms with Gasteiger partial charge in [-0.1, -0.05) is 25.1 Å². The van der Waals surface area contributed by atoms with Gasteiger partial charge in [0.1, 0.15) is 5.75 Å². The van der Waals surface area contributed by atoms with Gasteiger partial charge in [-0.05, 0) is 50.9 Å². The van der Waals surface area contributed by atoms with Crippen LogP contribution < -0.4 is 10.5 Å². The summed E-state index contributed by atoms with van der Waals surface area (Å²) in [6.45, 7) is 7.08. The van der Waals surface area contributed by atoms with Crippen LogP contribution in [-0.4, -0.2) is 31.1 Å². The van der Waals surface area contributed by atoms with Crippen LogP contribution in [0.4, 0.5) is 0 Å². The van der Waals surface area contributed by atoms with E-state index in [2.05, 4.69) is 36.1 Å². The molecule has 106 valence electrons. The Bertz CT molecular complexity index is 373. The minimum absolute atomic E-state index is 0.725. The molecular weight excluding hydrogens is 236 g/mol. The van der Waals surface area contributed by atoms with E-state index >= 15 is 0 Å². The normalized spacial score (nSPS) is 17.6. The van der Waals surface area contributed by atoms with Crippen LogP contribution in [0.25, 0.3) is 0 Å². The van der Waals surface area contributed by atoms with E-state index < -0.39 is 0 Å². The van der Waals surface area contributed by atoms with Crippen LogP contribution in [0.1, 0.15) is 31.7 Å². The molecule has 1 heterocycles. The molecule has 1 saturated heterocycles. The van der Waals surface area contributed by atoms with Crippen molar-refractivity contribution in [2.45, 2.75) is 32.7 Å². The first kappa shape index (κ1) is 14.4. The minimum atomic E-state index is 0.725. The standard InChI is InChI=1S/C16H26N2O/c1-2-11-19-16-6-4-3-5-15(16)13-18-9-7-14(12-17)8-10-18/h3-6,14H,2,7-13,17H2,1H3. The highest BCUT2D eigenvalue weighted by Gasteiger charge is 2.18. The molecule has 1 aromatic rings. The molecule has 0 spiro atoms. The summed E-state index contributed by atoms with van der Waals surface area (Å²) < 4.78 is 5.82. The number of rotatable bonds is 6. The third kappa shape index (κ3) is 4.22. The number of likely N-dealkylation sites (tertiary alicyclic amines) is 1. The van der Waals surface area contributed by atoms with Gasteiger partial charge >= 0.3 is 0 Å². The summed E-state index contributed by atoms with van der Waals surface area (Å²) in [6, 6.07) is 8.41. The van der Waals surface area contributed by atoms with Crippen molar-refractivity contribution in [2.24, 2.45) is 11.7 Å². The first-order valence-electron chi connectivity index (χ1n) is 7.46. The summed E-state index contributed by atoms with van der Waals surface area (Å²) in [5, 5.41) is 0. The molecular formula is C16H26N2O. The molecule has 0 aromatic heterocycles. The average Bonchev–Trinajstić information content (AvgIpc) is 2.47. The molecule has 0 unspecified atom stereocenters. The van der Waals surface area contributed by atoms with E-state index in [1.54, 1.807) is 0 Å².